The minimum Gasteiger partial charge on any atom is -0.390 e. The molecule has 4 N–H and O–H groups in total. The van der Waals surface area contributed by atoms with Gasteiger partial charge in [0.1, 0.15) is 22.4 Å². The van der Waals surface area contributed by atoms with Gasteiger partial charge in [-0.15, -0.1) is 11.3 Å². The van der Waals surface area contributed by atoms with Crippen LogP contribution in [0.4, 0.5) is 20.5 Å². The van der Waals surface area contributed by atoms with Gasteiger partial charge in [-0.1, -0.05) is 6.42 Å². The average Bonchev–Trinajstić information content (AvgIpc) is 3.49. The van der Waals surface area contributed by atoms with E-state index in [9.17, 15) is 19.0 Å². The highest BCUT2D eigenvalue weighted by Crippen LogP contribution is 2.45. The van der Waals surface area contributed by atoms with Crippen LogP contribution in [-0.4, -0.2) is 60.4 Å². The lowest BCUT2D eigenvalue weighted by molar-refractivity contribution is -0.0950. The second kappa shape index (κ2) is 9.60. The van der Waals surface area contributed by atoms with Crippen molar-refractivity contribution in [3.63, 3.8) is 0 Å². The predicted octanol–water partition coefficient (Wildman–Crippen LogP) is 5.11. The molecule has 0 unspecified atom stereocenters. The number of nitrogens with zero attached hydrogens (tertiary/aromatic N) is 4. The van der Waals surface area contributed by atoms with Gasteiger partial charge < -0.3 is 20.8 Å². The van der Waals surface area contributed by atoms with Crippen LogP contribution in [0.25, 0.3) is 20.8 Å². The molecule has 5 atom stereocenters. The van der Waals surface area contributed by atoms with Gasteiger partial charge >= 0.3 is 0 Å². The molecule has 3 saturated carbocycles. The van der Waals surface area contributed by atoms with E-state index in [2.05, 4.69) is 22.5 Å². The number of aliphatic hydroxyl groups excluding tert-OH is 2. The molecule has 0 radical (unpaired) electrons. The van der Waals surface area contributed by atoms with Crippen LogP contribution in [0.15, 0.2) is 12.3 Å². The zero-order valence-electron chi connectivity index (χ0n) is 21.8. The number of halogens is 2. The molecular formula is C27H34F2N6O2S. The summed E-state index contributed by atoms with van der Waals surface area (Å²) in [6.07, 6.45) is 4.60. The van der Waals surface area contributed by atoms with Gasteiger partial charge in [0, 0.05) is 18.2 Å². The number of nitrogens with one attached hydrogen (secondary N) is 2. The normalized spacial score (nSPS) is 26.9. The fourth-order valence-corrected chi connectivity index (χ4v) is 6.82. The van der Waals surface area contributed by atoms with Gasteiger partial charge in [0.15, 0.2) is 0 Å². The van der Waals surface area contributed by atoms with E-state index in [1.165, 1.54) is 17.8 Å². The maximum absolute atomic E-state index is 14.2. The predicted molar refractivity (Wildman–Crippen MR) is 144 cm³/mol. The van der Waals surface area contributed by atoms with Crippen LogP contribution in [-0.2, 0) is 0 Å². The monoisotopic (exact) mass is 544 g/mol. The van der Waals surface area contributed by atoms with Crippen molar-refractivity contribution < 1.29 is 19.0 Å². The number of aryl methyl sites for hydroxylation is 1. The third kappa shape index (κ3) is 4.73. The van der Waals surface area contributed by atoms with E-state index in [-0.39, 0.29) is 12.5 Å². The van der Waals surface area contributed by atoms with Crippen LogP contribution in [0.5, 0.6) is 0 Å². The summed E-state index contributed by atoms with van der Waals surface area (Å²) in [7, 11) is 0. The van der Waals surface area contributed by atoms with E-state index in [1.54, 1.807) is 0 Å². The number of fused-ring (bicyclic) bond motifs is 1. The van der Waals surface area contributed by atoms with Gasteiger partial charge in [0.25, 0.3) is 5.92 Å². The van der Waals surface area contributed by atoms with E-state index in [0.717, 1.165) is 48.5 Å². The molecule has 8 nitrogen and oxygen atoms in total. The molecule has 0 aromatic carbocycles. The first-order valence-electron chi connectivity index (χ1n) is 13.5. The van der Waals surface area contributed by atoms with Crippen molar-refractivity contribution in [1.82, 2.24) is 19.9 Å². The second-order valence-electron chi connectivity index (χ2n) is 11.3. The fraction of sp³-hybridized carbons (Fsp3) is 0.630. The van der Waals surface area contributed by atoms with Crippen LogP contribution in [0, 0.1) is 18.8 Å². The van der Waals surface area contributed by atoms with Gasteiger partial charge in [0.05, 0.1) is 39.7 Å². The molecule has 0 aliphatic heterocycles. The Morgan fingerprint density at radius 3 is 2.50 bits per heavy atom. The molecule has 0 spiro atoms. The van der Waals surface area contributed by atoms with E-state index in [4.69, 9.17) is 15.0 Å². The molecule has 0 bridgehead atoms. The quantitative estimate of drug-likeness (QED) is 0.309. The number of rotatable bonds is 8. The van der Waals surface area contributed by atoms with Crippen molar-refractivity contribution in [1.29, 1.82) is 0 Å². The molecule has 3 aromatic rings. The van der Waals surface area contributed by atoms with Crippen molar-refractivity contribution in [2.75, 3.05) is 10.6 Å². The van der Waals surface area contributed by atoms with E-state index >= 15 is 0 Å². The summed E-state index contributed by atoms with van der Waals surface area (Å²) >= 11 is 1.52. The number of aliphatic hydroxyl groups is 2. The highest BCUT2D eigenvalue weighted by molar-refractivity contribution is 7.21. The maximum atomic E-state index is 14.2. The van der Waals surface area contributed by atoms with Crippen molar-refractivity contribution in [2.24, 2.45) is 11.8 Å². The first-order chi connectivity index (χ1) is 18.1. The zero-order valence-corrected chi connectivity index (χ0v) is 22.6. The Labute approximate surface area is 224 Å². The number of thiazole rings is 1. The Kier molecular flexibility index (Phi) is 6.51. The van der Waals surface area contributed by atoms with Crippen LogP contribution in [0.3, 0.4) is 0 Å². The van der Waals surface area contributed by atoms with Crippen molar-refractivity contribution in [3.8, 4) is 10.6 Å². The molecule has 3 aromatic heterocycles. The maximum Gasteiger partial charge on any atom is 0.250 e. The fourth-order valence-electron chi connectivity index (χ4n) is 5.75. The van der Waals surface area contributed by atoms with Gasteiger partial charge in [-0.25, -0.2) is 18.7 Å². The molecular weight excluding hydrogens is 510 g/mol. The van der Waals surface area contributed by atoms with E-state index in [1.807, 2.05) is 19.2 Å². The summed E-state index contributed by atoms with van der Waals surface area (Å²) in [5.41, 5.74) is 3.25. The van der Waals surface area contributed by atoms with Crippen LogP contribution in [0.2, 0.25) is 0 Å². The first kappa shape index (κ1) is 25.8. The molecule has 6 rings (SSSR count). The highest BCUT2D eigenvalue weighted by atomic mass is 32.1. The topological polar surface area (TPSA) is 116 Å². The molecule has 3 aliphatic carbocycles. The third-order valence-corrected chi connectivity index (χ3v) is 9.51. The zero-order chi connectivity index (χ0) is 26.8. The summed E-state index contributed by atoms with van der Waals surface area (Å²) in [5.74, 6) is -2.62. The molecule has 0 saturated heterocycles. The molecule has 3 fully saturated rings. The smallest absolute Gasteiger partial charge is 0.250 e. The minimum atomic E-state index is -3.12. The summed E-state index contributed by atoms with van der Waals surface area (Å²) in [5, 5.41) is 28.4. The van der Waals surface area contributed by atoms with Crippen LogP contribution in [0.1, 0.15) is 69.7 Å². The largest absolute Gasteiger partial charge is 0.390 e. The molecule has 38 heavy (non-hydrogen) atoms. The standard InChI is InChI=1S/C27H34F2N6O2S/c1-12(14-5-4-6-14)31-26-32-13(2)19(25-34-21-18(38-25)9-10-30-20(21)15-7-8-15)24(35-26)33-17-11-16(27(3,28)29)22(36)23(17)37/h9-10,12,14-17,22-23,36-37H,4-8,11H2,1-3H3,(H2,31,32,33,35)/t12-,16+,17-,22-,23+/m1/s1. The van der Waals surface area contributed by atoms with Gasteiger partial charge in [-0.2, -0.15) is 4.98 Å². The number of hydrogen-bond acceptors (Lipinski definition) is 9. The van der Waals surface area contributed by atoms with Crippen molar-refractivity contribution >= 4 is 33.3 Å². The lowest BCUT2D eigenvalue weighted by atomic mass is 9.80. The van der Waals surface area contributed by atoms with E-state index in [0.29, 0.717) is 39.9 Å². The number of hydrogen-bond donors (Lipinski definition) is 4. The van der Waals surface area contributed by atoms with Gasteiger partial charge in [0.2, 0.25) is 5.95 Å². The SMILES string of the molecule is Cc1nc(N[C@H](C)C2CCC2)nc(N[C@@H]2C[C@H](C(C)(F)F)[C@@H](O)[C@H]2O)c1-c1nc2c(C3CC3)nccc2s1. The van der Waals surface area contributed by atoms with Gasteiger partial charge in [-0.05, 0) is 64.9 Å². The Hall–Kier alpha value is -2.50. The number of alkyl halides is 2. The minimum absolute atomic E-state index is 0.0921. The number of pyridine rings is 1. The highest BCUT2D eigenvalue weighted by Gasteiger charge is 2.51. The Balaban J connectivity index is 1.39. The van der Waals surface area contributed by atoms with Crippen molar-refractivity contribution in [3.05, 3.63) is 23.7 Å². The molecule has 11 heteroatoms. The number of anilines is 2. The molecule has 3 heterocycles. The lowest BCUT2D eigenvalue weighted by Gasteiger charge is -2.32. The van der Waals surface area contributed by atoms with Gasteiger partial charge in [-0.3, -0.25) is 4.98 Å². The number of aromatic nitrogens is 4. The van der Waals surface area contributed by atoms with Crippen LogP contribution < -0.4 is 10.6 Å². The van der Waals surface area contributed by atoms with E-state index < -0.39 is 30.1 Å². The first-order valence-corrected chi connectivity index (χ1v) is 14.3. The average molecular weight is 545 g/mol. The molecule has 3 aliphatic rings. The third-order valence-electron chi connectivity index (χ3n) is 8.47. The Morgan fingerprint density at radius 1 is 1.11 bits per heavy atom. The summed E-state index contributed by atoms with van der Waals surface area (Å²) in [6, 6.07) is 1.34. The Bertz CT molecular complexity index is 1340. The second-order valence-corrected chi connectivity index (χ2v) is 12.4. The van der Waals surface area contributed by atoms with Crippen molar-refractivity contribution in [2.45, 2.75) is 95.4 Å². The summed E-state index contributed by atoms with van der Waals surface area (Å²) < 4.78 is 29.4. The lowest BCUT2D eigenvalue weighted by Crippen LogP contribution is -2.38. The summed E-state index contributed by atoms with van der Waals surface area (Å²) in [4.78, 5) is 19.1. The molecule has 204 valence electrons. The Morgan fingerprint density at radius 2 is 1.87 bits per heavy atom. The van der Waals surface area contributed by atoms with Crippen LogP contribution >= 0.6 is 11.3 Å². The summed E-state index contributed by atoms with van der Waals surface area (Å²) in [6.45, 7) is 4.79. The molecule has 0 amide bonds.